The summed E-state index contributed by atoms with van der Waals surface area (Å²) in [5.41, 5.74) is 3.10. The van der Waals surface area contributed by atoms with Gasteiger partial charge in [-0.25, -0.2) is 14.6 Å². The standard InChI is InChI=1S/C24H31ClN6O2.3C2H6/c1-4-5-11-18(32)16-9-6-10-17-20(29-33-21(16)17)23-26-22(25)19-14(2)28-31(24(19)27-23)13-15-8-7-12-30(15)3;3*1-2/h15-16H,4-13H2,1-3H3;3*1-2H3. The van der Waals surface area contributed by atoms with Crippen LogP contribution >= 0.6 is 11.6 Å². The lowest BCUT2D eigenvalue weighted by Gasteiger charge is -2.19. The third kappa shape index (κ3) is 7.26. The molecule has 0 N–H and O–H groups in total. The first-order valence-corrected chi connectivity index (χ1v) is 15.5. The molecule has 9 heteroatoms. The molecule has 4 heterocycles. The average Bonchev–Trinajstić information content (AvgIpc) is 3.68. The van der Waals surface area contributed by atoms with Crippen LogP contribution in [0.5, 0.6) is 0 Å². The van der Waals surface area contributed by atoms with Crippen LogP contribution < -0.4 is 0 Å². The first kappa shape index (κ1) is 32.9. The topological polar surface area (TPSA) is 89.9 Å². The summed E-state index contributed by atoms with van der Waals surface area (Å²) >= 11 is 6.64. The number of aryl methyl sites for hydroxylation is 1. The molecule has 2 atom stereocenters. The predicted molar refractivity (Wildman–Crippen MR) is 160 cm³/mol. The molecular formula is C30H49ClN6O2. The van der Waals surface area contributed by atoms with Gasteiger partial charge in [-0.1, -0.05) is 71.6 Å². The number of carbonyl (C=O) groups is 1. The lowest BCUT2D eigenvalue weighted by Crippen LogP contribution is -2.29. The predicted octanol–water partition coefficient (Wildman–Crippen LogP) is 7.80. The summed E-state index contributed by atoms with van der Waals surface area (Å²) < 4.78 is 7.70. The Morgan fingerprint density at radius 2 is 1.79 bits per heavy atom. The summed E-state index contributed by atoms with van der Waals surface area (Å²) in [5.74, 6) is 1.16. The third-order valence-electron chi connectivity index (χ3n) is 7.21. The Bertz CT molecular complexity index is 1190. The van der Waals surface area contributed by atoms with Crippen LogP contribution in [0.4, 0.5) is 0 Å². The molecule has 1 aliphatic heterocycles. The second-order valence-corrected chi connectivity index (χ2v) is 9.83. The van der Waals surface area contributed by atoms with Crippen molar-refractivity contribution in [1.29, 1.82) is 0 Å². The van der Waals surface area contributed by atoms with Gasteiger partial charge in [-0.05, 0) is 59.0 Å². The fraction of sp³-hybridized carbons (Fsp3) is 0.700. The first-order valence-electron chi connectivity index (χ1n) is 15.1. The maximum absolute atomic E-state index is 12.8. The van der Waals surface area contributed by atoms with E-state index in [1.165, 1.54) is 6.42 Å². The molecule has 2 aliphatic rings. The number of halogens is 1. The highest BCUT2D eigenvalue weighted by molar-refractivity contribution is 6.34. The number of hydrogen-bond acceptors (Lipinski definition) is 7. The fourth-order valence-corrected chi connectivity index (χ4v) is 5.60. The van der Waals surface area contributed by atoms with E-state index in [9.17, 15) is 4.79 Å². The zero-order valence-electron chi connectivity index (χ0n) is 25.6. The van der Waals surface area contributed by atoms with Crippen LogP contribution in [-0.2, 0) is 17.8 Å². The van der Waals surface area contributed by atoms with Crippen LogP contribution in [0.15, 0.2) is 4.52 Å². The van der Waals surface area contributed by atoms with Crippen molar-refractivity contribution in [3.8, 4) is 11.5 Å². The molecule has 39 heavy (non-hydrogen) atoms. The quantitative estimate of drug-likeness (QED) is 0.272. The summed E-state index contributed by atoms with van der Waals surface area (Å²) in [7, 11) is 2.16. The van der Waals surface area contributed by atoms with E-state index in [0.717, 1.165) is 73.9 Å². The van der Waals surface area contributed by atoms with Crippen LogP contribution in [0, 0.1) is 6.92 Å². The van der Waals surface area contributed by atoms with Crippen molar-refractivity contribution in [2.24, 2.45) is 0 Å². The Morgan fingerprint density at radius 1 is 1.08 bits per heavy atom. The molecule has 1 saturated heterocycles. The number of fused-ring (bicyclic) bond motifs is 2. The van der Waals surface area contributed by atoms with Crippen molar-refractivity contribution in [3.05, 3.63) is 22.2 Å². The van der Waals surface area contributed by atoms with Crippen LogP contribution in [0.3, 0.4) is 0 Å². The number of hydrogen-bond donors (Lipinski definition) is 0. The van der Waals surface area contributed by atoms with Gasteiger partial charge in [-0.3, -0.25) is 4.79 Å². The molecule has 218 valence electrons. The monoisotopic (exact) mass is 560 g/mol. The number of aromatic nitrogens is 5. The van der Waals surface area contributed by atoms with Gasteiger partial charge in [0.2, 0.25) is 0 Å². The lowest BCUT2D eigenvalue weighted by atomic mass is 9.83. The third-order valence-corrected chi connectivity index (χ3v) is 7.48. The normalized spacial score (nSPS) is 18.3. The van der Waals surface area contributed by atoms with Crippen molar-refractivity contribution in [2.75, 3.05) is 13.6 Å². The van der Waals surface area contributed by atoms with Crippen molar-refractivity contribution >= 4 is 28.4 Å². The number of nitrogens with zero attached hydrogens (tertiary/aromatic N) is 6. The van der Waals surface area contributed by atoms with E-state index in [2.05, 4.69) is 29.0 Å². The summed E-state index contributed by atoms with van der Waals surface area (Å²) in [6.45, 7) is 17.9. The summed E-state index contributed by atoms with van der Waals surface area (Å²) in [5, 5.41) is 10.2. The van der Waals surface area contributed by atoms with E-state index in [1.54, 1.807) is 0 Å². The Balaban J connectivity index is 0.000000833. The maximum Gasteiger partial charge on any atom is 0.185 e. The molecule has 1 fully saturated rings. The number of likely N-dealkylation sites (tertiary alicyclic amines) is 1. The Labute approximate surface area is 239 Å². The molecule has 0 saturated carbocycles. The maximum atomic E-state index is 12.8. The zero-order chi connectivity index (χ0) is 29.1. The molecular weight excluding hydrogens is 512 g/mol. The molecule has 3 aromatic heterocycles. The minimum Gasteiger partial charge on any atom is -0.360 e. The van der Waals surface area contributed by atoms with Crippen LogP contribution in [-0.4, -0.2) is 55.2 Å². The zero-order valence-corrected chi connectivity index (χ0v) is 26.4. The lowest BCUT2D eigenvalue weighted by molar-refractivity contribution is -0.121. The van der Waals surface area contributed by atoms with Crippen molar-refractivity contribution in [2.45, 2.75) is 125 Å². The SMILES string of the molecule is CC.CC.CC.CCCCC(=O)C1CCCc2c(-c3nc(Cl)c4c(C)nn(CC5CCCN5C)c4n3)noc21. The van der Waals surface area contributed by atoms with Crippen molar-refractivity contribution < 1.29 is 9.32 Å². The molecule has 8 nitrogen and oxygen atoms in total. The van der Waals surface area contributed by atoms with Gasteiger partial charge in [0.25, 0.3) is 0 Å². The van der Waals surface area contributed by atoms with E-state index in [4.69, 9.17) is 26.2 Å². The summed E-state index contributed by atoms with van der Waals surface area (Å²) in [6.07, 6.45) is 7.37. The highest BCUT2D eigenvalue weighted by Gasteiger charge is 2.34. The van der Waals surface area contributed by atoms with Gasteiger partial charge in [-0.15, -0.1) is 0 Å². The molecule has 0 aromatic carbocycles. The van der Waals surface area contributed by atoms with Crippen LogP contribution in [0.2, 0.25) is 5.15 Å². The molecule has 3 aromatic rings. The van der Waals surface area contributed by atoms with Gasteiger partial charge in [0, 0.05) is 18.0 Å². The minimum atomic E-state index is -0.216. The molecule has 0 spiro atoms. The van der Waals surface area contributed by atoms with Gasteiger partial charge >= 0.3 is 0 Å². The number of Topliss-reactive ketones (excluding diaryl/α,β-unsaturated/α-hetero) is 1. The first-order chi connectivity index (χ1) is 19.0. The van der Waals surface area contributed by atoms with E-state index >= 15 is 0 Å². The Morgan fingerprint density at radius 3 is 2.44 bits per heavy atom. The van der Waals surface area contributed by atoms with Crippen molar-refractivity contribution in [1.82, 2.24) is 29.8 Å². The fourth-order valence-electron chi connectivity index (χ4n) is 5.30. The smallest absolute Gasteiger partial charge is 0.185 e. The van der Waals surface area contributed by atoms with E-state index in [0.29, 0.717) is 34.9 Å². The van der Waals surface area contributed by atoms with Crippen LogP contribution in [0.25, 0.3) is 22.6 Å². The number of ketones is 1. The average molecular weight is 561 g/mol. The van der Waals surface area contributed by atoms with Gasteiger partial charge in [0.15, 0.2) is 22.9 Å². The van der Waals surface area contributed by atoms with E-state index in [-0.39, 0.29) is 11.7 Å². The molecule has 0 bridgehead atoms. The second-order valence-electron chi connectivity index (χ2n) is 9.47. The molecule has 1 aliphatic carbocycles. The van der Waals surface area contributed by atoms with Crippen LogP contribution in [0.1, 0.15) is 116 Å². The van der Waals surface area contributed by atoms with Gasteiger partial charge in [-0.2, -0.15) is 5.10 Å². The molecule has 5 rings (SSSR count). The number of carbonyl (C=O) groups excluding carboxylic acids is 1. The number of rotatable bonds is 7. The van der Waals surface area contributed by atoms with E-state index in [1.807, 2.05) is 53.1 Å². The molecule has 2 unspecified atom stereocenters. The van der Waals surface area contributed by atoms with Gasteiger partial charge in [0.05, 0.1) is 23.5 Å². The second kappa shape index (κ2) is 16.1. The summed E-state index contributed by atoms with van der Waals surface area (Å²) in [6, 6.07) is 0.430. The number of unbranched alkanes of at least 4 members (excludes halogenated alkanes) is 1. The largest absolute Gasteiger partial charge is 0.360 e. The number of likely N-dealkylation sites (N-methyl/N-ethyl adjacent to an activating group) is 1. The van der Waals surface area contributed by atoms with Crippen molar-refractivity contribution in [3.63, 3.8) is 0 Å². The Kier molecular flexibility index (Phi) is 13.5. The minimum absolute atomic E-state index is 0.216. The summed E-state index contributed by atoms with van der Waals surface area (Å²) in [4.78, 5) is 24.6. The van der Waals surface area contributed by atoms with Gasteiger partial charge in [0.1, 0.15) is 10.9 Å². The molecule has 0 radical (unpaired) electrons. The Hall–Kier alpha value is -2.32. The van der Waals surface area contributed by atoms with E-state index < -0.39 is 0 Å². The highest BCUT2D eigenvalue weighted by Crippen LogP contribution is 2.38. The highest BCUT2D eigenvalue weighted by atomic mass is 35.5. The van der Waals surface area contributed by atoms with Gasteiger partial charge < -0.3 is 9.42 Å². The molecule has 0 amide bonds.